The van der Waals surface area contributed by atoms with Crippen molar-refractivity contribution in [2.24, 2.45) is 0 Å². The molecule has 0 radical (unpaired) electrons. The zero-order valence-electron chi connectivity index (χ0n) is 13.7. The fourth-order valence-electron chi connectivity index (χ4n) is 2.51. The van der Waals surface area contributed by atoms with E-state index in [0.717, 1.165) is 41.6 Å². The van der Waals surface area contributed by atoms with Gasteiger partial charge in [-0.15, -0.1) is 0 Å². The van der Waals surface area contributed by atoms with E-state index >= 15 is 0 Å². The fraction of sp³-hybridized carbons (Fsp3) is 0.353. The molecule has 0 aliphatic rings. The molecular weight excluding hydrogens is 288 g/mol. The van der Waals surface area contributed by atoms with Gasteiger partial charge in [0.1, 0.15) is 6.33 Å². The second kappa shape index (κ2) is 6.64. The highest BCUT2D eigenvalue weighted by Gasteiger charge is 2.17. The predicted molar refractivity (Wildman–Crippen MR) is 94.2 cm³/mol. The first-order valence-corrected chi connectivity index (χ1v) is 7.99. The van der Waals surface area contributed by atoms with Crippen molar-refractivity contribution < 1.29 is 0 Å². The van der Waals surface area contributed by atoms with Gasteiger partial charge in [-0.3, -0.25) is 4.57 Å². The molecule has 0 aliphatic heterocycles. The van der Waals surface area contributed by atoms with E-state index in [1.807, 2.05) is 30.3 Å². The molecule has 2 heterocycles. The van der Waals surface area contributed by atoms with E-state index < -0.39 is 0 Å². The first-order chi connectivity index (χ1) is 11.2. The van der Waals surface area contributed by atoms with Gasteiger partial charge in [0.05, 0.1) is 0 Å². The first-order valence-electron chi connectivity index (χ1n) is 7.99. The Morgan fingerprint density at radius 3 is 2.61 bits per heavy atom. The average molecular weight is 310 g/mol. The Morgan fingerprint density at radius 1 is 1.13 bits per heavy atom. The van der Waals surface area contributed by atoms with Crippen molar-refractivity contribution >= 4 is 28.6 Å². The van der Waals surface area contributed by atoms with Crippen LogP contribution in [0.2, 0.25) is 0 Å². The van der Waals surface area contributed by atoms with E-state index in [1.54, 1.807) is 6.33 Å². The number of imidazole rings is 1. The lowest BCUT2D eigenvalue weighted by atomic mass is 10.3. The molecule has 0 saturated heterocycles. The molecule has 2 aromatic heterocycles. The molecule has 6 heteroatoms. The zero-order chi connectivity index (χ0) is 16.2. The second-order valence-corrected chi connectivity index (χ2v) is 5.71. The smallest absolute Gasteiger partial charge is 0.210 e. The molecule has 0 atom stereocenters. The molecule has 0 unspecified atom stereocenters. The van der Waals surface area contributed by atoms with Crippen LogP contribution in [0.3, 0.4) is 0 Å². The summed E-state index contributed by atoms with van der Waals surface area (Å²) in [5.74, 6) is 1.56. The molecule has 0 fully saturated rings. The van der Waals surface area contributed by atoms with Gasteiger partial charge >= 0.3 is 0 Å². The minimum Gasteiger partial charge on any atom is -0.368 e. The van der Waals surface area contributed by atoms with Crippen LogP contribution < -0.4 is 10.6 Å². The highest BCUT2D eigenvalue weighted by atomic mass is 15.3. The Bertz CT molecular complexity index is 778. The maximum atomic E-state index is 4.75. The van der Waals surface area contributed by atoms with Crippen LogP contribution in [0.1, 0.15) is 33.2 Å². The van der Waals surface area contributed by atoms with Crippen LogP contribution in [0.4, 0.5) is 17.5 Å². The normalized spacial score (nSPS) is 11.1. The maximum Gasteiger partial charge on any atom is 0.210 e. The van der Waals surface area contributed by atoms with Crippen molar-refractivity contribution in [3.05, 3.63) is 36.7 Å². The molecule has 3 rings (SSSR count). The number of benzene rings is 1. The van der Waals surface area contributed by atoms with E-state index in [2.05, 4.69) is 45.9 Å². The summed E-state index contributed by atoms with van der Waals surface area (Å²) >= 11 is 0. The van der Waals surface area contributed by atoms with Crippen molar-refractivity contribution in [3.8, 4) is 0 Å². The van der Waals surface area contributed by atoms with Gasteiger partial charge in [-0.05, 0) is 32.4 Å². The SMILES string of the molecule is CCCNc1ncnc2c1nc(Nc1ccccc1)n2C(C)C. The quantitative estimate of drug-likeness (QED) is 0.721. The Hall–Kier alpha value is -2.63. The monoisotopic (exact) mass is 310 g/mol. The van der Waals surface area contributed by atoms with E-state index in [4.69, 9.17) is 4.98 Å². The third-order valence-corrected chi connectivity index (χ3v) is 3.57. The molecule has 23 heavy (non-hydrogen) atoms. The lowest BCUT2D eigenvalue weighted by Crippen LogP contribution is -2.07. The van der Waals surface area contributed by atoms with Crippen LogP contribution in [0.5, 0.6) is 0 Å². The molecular formula is C17H22N6. The molecule has 2 N–H and O–H groups in total. The molecule has 120 valence electrons. The lowest BCUT2D eigenvalue weighted by Gasteiger charge is -2.13. The van der Waals surface area contributed by atoms with Gasteiger partial charge in [0, 0.05) is 18.3 Å². The third kappa shape index (κ3) is 3.11. The Balaban J connectivity index is 2.07. The first kappa shape index (κ1) is 15.3. The highest BCUT2D eigenvalue weighted by Crippen LogP contribution is 2.28. The van der Waals surface area contributed by atoms with Gasteiger partial charge in [-0.1, -0.05) is 25.1 Å². The van der Waals surface area contributed by atoms with E-state index in [1.165, 1.54) is 0 Å². The molecule has 0 aliphatic carbocycles. The summed E-state index contributed by atoms with van der Waals surface area (Å²) in [5, 5.41) is 6.71. The summed E-state index contributed by atoms with van der Waals surface area (Å²) < 4.78 is 2.10. The molecule has 0 spiro atoms. The average Bonchev–Trinajstić information content (AvgIpc) is 2.92. The van der Waals surface area contributed by atoms with Gasteiger partial charge in [0.25, 0.3) is 0 Å². The highest BCUT2D eigenvalue weighted by molar-refractivity contribution is 5.85. The summed E-state index contributed by atoms with van der Waals surface area (Å²) in [5.41, 5.74) is 2.64. The summed E-state index contributed by atoms with van der Waals surface area (Å²) in [7, 11) is 0. The standard InChI is InChI=1S/C17H22N6/c1-4-10-18-15-14-16(20-11-19-15)23(12(2)3)17(22-14)21-13-8-6-5-7-9-13/h5-9,11-12H,4,10H2,1-3H3,(H,21,22)(H,18,19,20). The number of nitrogens with one attached hydrogen (secondary N) is 2. The molecule has 6 nitrogen and oxygen atoms in total. The Labute approximate surface area is 136 Å². The van der Waals surface area contributed by atoms with Crippen LogP contribution in [0.25, 0.3) is 11.2 Å². The number of rotatable bonds is 6. The van der Waals surface area contributed by atoms with Gasteiger partial charge < -0.3 is 10.6 Å². The Morgan fingerprint density at radius 2 is 1.91 bits per heavy atom. The van der Waals surface area contributed by atoms with Crippen molar-refractivity contribution in [1.82, 2.24) is 19.5 Å². The number of hydrogen-bond donors (Lipinski definition) is 2. The minimum absolute atomic E-state index is 0.236. The Kier molecular flexibility index (Phi) is 4.41. The van der Waals surface area contributed by atoms with Gasteiger partial charge in [0.2, 0.25) is 5.95 Å². The van der Waals surface area contributed by atoms with Gasteiger partial charge in [-0.25, -0.2) is 15.0 Å². The van der Waals surface area contributed by atoms with Crippen molar-refractivity contribution in [3.63, 3.8) is 0 Å². The van der Waals surface area contributed by atoms with Gasteiger partial charge in [-0.2, -0.15) is 0 Å². The van der Waals surface area contributed by atoms with Crippen LogP contribution in [-0.4, -0.2) is 26.1 Å². The van der Waals surface area contributed by atoms with Crippen LogP contribution >= 0.6 is 0 Å². The molecule has 0 saturated carbocycles. The number of hydrogen-bond acceptors (Lipinski definition) is 5. The minimum atomic E-state index is 0.236. The fourth-order valence-corrected chi connectivity index (χ4v) is 2.51. The van der Waals surface area contributed by atoms with E-state index in [9.17, 15) is 0 Å². The number of aromatic nitrogens is 4. The van der Waals surface area contributed by atoms with Crippen LogP contribution in [0.15, 0.2) is 36.7 Å². The summed E-state index contributed by atoms with van der Waals surface area (Å²) in [4.78, 5) is 13.5. The van der Waals surface area contributed by atoms with E-state index in [-0.39, 0.29) is 6.04 Å². The van der Waals surface area contributed by atoms with E-state index in [0.29, 0.717) is 0 Å². The van der Waals surface area contributed by atoms with Crippen LogP contribution in [-0.2, 0) is 0 Å². The number of para-hydroxylation sites is 1. The molecule has 0 bridgehead atoms. The maximum absolute atomic E-state index is 4.75. The van der Waals surface area contributed by atoms with Crippen LogP contribution in [0, 0.1) is 0 Å². The number of nitrogens with zero attached hydrogens (tertiary/aromatic N) is 4. The molecule has 3 aromatic rings. The largest absolute Gasteiger partial charge is 0.368 e. The summed E-state index contributed by atoms with van der Waals surface area (Å²) in [6.07, 6.45) is 2.62. The van der Waals surface area contributed by atoms with Crippen molar-refractivity contribution in [2.75, 3.05) is 17.2 Å². The third-order valence-electron chi connectivity index (χ3n) is 3.57. The number of fused-ring (bicyclic) bond motifs is 1. The lowest BCUT2D eigenvalue weighted by molar-refractivity contribution is 0.620. The molecule has 0 amide bonds. The topological polar surface area (TPSA) is 67.7 Å². The van der Waals surface area contributed by atoms with Crippen molar-refractivity contribution in [2.45, 2.75) is 33.2 Å². The van der Waals surface area contributed by atoms with Gasteiger partial charge in [0.15, 0.2) is 17.0 Å². The van der Waals surface area contributed by atoms with Crippen molar-refractivity contribution in [1.29, 1.82) is 0 Å². The second-order valence-electron chi connectivity index (χ2n) is 5.71. The summed E-state index contributed by atoms with van der Waals surface area (Å²) in [6, 6.07) is 10.3. The predicted octanol–water partition coefficient (Wildman–Crippen LogP) is 3.97. The zero-order valence-corrected chi connectivity index (χ0v) is 13.7. The summed E-state index contributed by atoms with van der Waals surface area (Å²) in [6.45, 7) is 7.24. The molecule has 1 aromatic carbocycles. The number of anilines is 3.